The van der Waals surface area contributed by atoms with E-state index < -0.39 is 0 Å². The molecule has 1 atom stereocenters. The minimum atomic E-state index is -0.0466. The molecule has 98 valence electrons. The highest BCUT2D eigenvalue weighted by molar-refractivity contribution is 4.90. The Morgan fingerprint density at radius 2 is 1.65 bits per heavy atom. The summed E-state index contributed by atoms with van der Waals surface area (Å²) in [6.07, 6.45) is 12.2. The van der Waals surface area contributed by atoms with Gasteiger partial charge in [0.15, 0.2) is 0 Å². The fraction of sp³-hybridized carbons (Fsp3) is 1.00. The zero-order valence-corrected chi connectivity index (χ0v) is 11.0. The number of nitrogens with zero attached hydrogens (tertiary/aromatic N) is 1. The summed E-state index contributed by atoms with van der Waals surface area (Å²) in [6.45, 7) is 2.24. The normalized spacial score (nSPS) is 28.6. The van der Waals surface area contributed by atoms with E-state index in [9.17, 15) is 5.11 Å². The van der Waals surface area contributed by atoms with Gasteiger partial charge in [0.25, 0.3) is 0 Å². The summed E-state index contributed by atoms with van der Waals surface area (Å²) >= 11 is 0. The molecule has 0 aromatic carbocycles. The van der Waals surface area contributed by atoms with Gasteiger partial charge in [-0.15, -0.1) is 0 Å². The number of aliphatic hydroxyl groups excluding tert-OH is 1. The van der Waals surface area contributed by atoms with E-state index in [4.69, 9.17) is 0 Å². The molecule has 1 unspecified atom stereocenters. The lowest BCUT2D eigenvalue weighted by Gasteiger charge is -2.31. The average Bonchev–Trinajstić information content (AvgIpc) is 3.22. The third-order valence-corrected chi connectivity index (χ3v) is 4.87. The van der Waals surface area contributed by atoms with Gasteiger partial charge in [0.2, 0.25) is 0 Å². The summed E-state index contributed by atoms with van der Waals surface area (Å²) in [4.78, 5) is 2.61. The molecule has 0 amide bonds. The van der Waals surface area contributed by atoms with Gasteiger partial charge in [-0.3, -0.25) is 4.90 Å². The Morgan fingerprint density at radius 1 is 0.941 bits per heavy atom. The lowest BCUT2D eigenvalue weighted by molar-refractivity contribution is 0.0435. The minimum Gasteiger partial charge on any atom is -0.392 e. The summed E-state index contributed by atoms with van der Waals surface area (Å²) in [5.74, 6) is 1.57. The highest BCUT2D eigenvalue weighted by Crippen LogP contribution is 2.36. The van der Waals surface area contributed by atoms with Crippen molar-refractivity contribution in [2.75, 3.05) is 13.1 Å². The van der Waals surface area contributed by atoms with Crippen LogP contribution in [0.1, 0.15) is 57.8 Å². The van der Waals surface area contributed by atoms with Crippen molar-refractivity contribution < 1.29 is 5.11 Å². The van der Waals surface area contributed by atoms with Crippen molar-refractivity contribution in [2.24, 2.45) is 11.8 Å². The molecular formula is C15H27NO. The van der Waals surface area contributed by atoms with Crippen molar-refractivity contribution >= 4 is 0 Å². The van der Waals surface area contributed by atoms with Crippen LogP contribution >= 0.6 is 0 Å². The molecule has 0 saturated heterocycles. The molecule has 17 heavy (non-hydrogen) atoms. The first kappa shape index (κ1) is 12.0. The monoisotopic (exact) mass is 237 g/mol. The van der Waals surface area contributed by atoms with Crippen LogP contribution in [0.2, 0.25) is 0 Å². The maximum atomic E-state index is 10.4. The van der Waals surface area contributed by atoms with Gasteiger partial charge in [-0.25, -0.2) is 0 Å². The predicted octanol–water partition coefficient (Wildman–Crippen LogP) is 2.80. The predicted molar refractivity (Wildman–Crippen MR) is 69.9 cm³/mol. The van der Waals surface area contributed by atoms with Gasteiger partial charge >= 0.3 is 0 Å². The first-order valence-corrected chi connectivity index (χ1v) is 7.75. The van der Waals surface area contributed by atoms with Crippen LogP contribution in [0.3, 0.4) is 0 Å². The van der Waals surface area contributed by atoms with E-state index in [0.717, 1.165) is 18.5 Å². The van der Waals surface area contributed by atoms with E-state index in [2.05, 4.69) is 4.90 Å². The average molecular weight is 237 g/mol. The molecular weight excluding hydrogens is 210 g/mol. The summed E-state index contributed by atoms with van der Waals surface area (Å²) in [5.41, 5.74) is 0. The third-order valence-electron chi connectivity index (χ3n) is 4.87. The van der Waals surface area contributed by atoms with E-state index in [0.29, 0.717) is 5.92 Å². The number of hydrogen-bond acceptors (Lipinski definition) is 2. The minimum absolute atomic E-state index is 0.0466. The van der Waals surface area contributed by atoms with E-state index in [-0.39, 0.29) is 6.10 Å². The Bertz CT molecular complexity index is 241. The molecule has 3 fully saturated rings. The molecule has 0 heterocycles. The highest BCUT2D eigenvalue weighted by atomic mass is 16.3. The van der Waals surface area contributed by atoms with E-state index >= 15 is 0 Å². The summed E-state index contributed by atoms with van der Waals surface area (Å²) in [7, 11) is 0. The molecule has 0 spiro atoms. The summed E-state index contributed by atoms with van der Waals surface area (Å²) < 4.78 is 0. The standard InChI is InChI=1S/C15H27NO/c17-15(13-4-2-1-3-5-13)11-16(14-8-9-14)10-12-6-7-12/h12-15,17H,1-11H2. The Labute approximate surface area is 105 Å². The largest absolute Gasteiger partial charge is 0.392 e. The summed E-state index contributed by atoms with van der Waals surface area (Å²) in [6, 6.07) is 0.828. The van der Waals surface area contributed by atoms with Gasteiger partial charge in [-0.05, 0) is 50.4 Å². The molecule has 2 heteroatoms. The van der Waals surface area contributed by atoms with E-state index in [1.165, 1.54) is 64.3 Å². The van der Waals surface area contributed by atoms with Gasteiger partial charge < -0.3 is 5.11 Å². The molecule has 0 aromatic rings. The van der Waals surface area contributed by atoms with Crippen molar-refractivity contribution in [3.8, 4) is 0 Å². The first-order chi connectivity index (χ1) is 8.33. The number of aliphatic hydroxyl groups is 1. The zero-order valence-electron chi connectivity index (χ0n) is 11.0. The second kappa shape index (κ2) is 5.27. The second-order valence-corrected chi connectivity index (χ2v) is 6.59. The van der Waals surface area contributed by atoms with Gasteiger partial charge in [0.1, 0.15) is 0 Å². The smallest absolute Gasteiger partial charge is 0.0695 e. The van der Waals surface area contributed by atoms with Crippen molar-refractivity contribution in [1.82, 2.24) is 4.90 Å². The molecule has 2 nitrogen and oxygen atoms in total. The summed E-state index contributed by atoms with van der Waals surface area (Å²) in [5, 5.41) is 10.4. The maximum absolute atomic E-state index is 10.4. The fourth-order valence-corrected chi connectivity index (χ4v) is 3.35. The van der Waals surface area contributed by atoms with Crippen molar-refractivity contribution in [1.29, 1.82) is 0 Å². The molecule has 0 aromatic heterocycles. The van der Waals surface area contributed by atoms with Gasteiger partial charge in [-0.1, -0.05) is 19.3 Å². The SMILES string of the molecule is OC(CN(CC1CC1)C1CC1)C1CCCCC1. The zero-order chi connectivity index (χ0) is 11.7. The Balaban J connectivity index is 1.47. The first-order valence-electron chi connectivity index (χ1n) is 7.75. The molecule has 3 saturated carbocycles. The Hall–Kier alpha value is -0.0800. The molecule has 1 N–H and O–H groups in total. The Morgan fingerprint density at radius 3 is 2.24 bits per heavy atom. The van der Waals surface area contributed by atoms with Gasteiger partial charge in [0.05, 0.1) is 6.10 Å². The fourth-order valence-electron chi connectivity index (χ4n) is 3.35. The quantitative estimate of drug-likeness (QED) is 0.768. The van der Waals surface area contributed by atoms with E-state index in [1.54, 1.807) is 0 Å². The van der Waals surface area contributed by atoms with Crippen LogP contribution in [0.5, 0.6) is 0 Å². The lowest BCUT2D eigenvalue weighted by atomic mass is 9.85. The van der Waals surface area contributed by atoms with Crippen LogP contribution in [-0.2, 0) is 0 Å². The van der Waals surface area contributed by atoms with Crippen LogP contribution in [-0.4, -0.2) is 35.2 Å². The molecule has 0 bridgehead atoms. The molecule has 3 aliphatic carbocycles. The van der Waals surface area contributed by atoms with Crippen LogP contribution in [0.4, 0.5) is 0 Å². The number of hydrogen-bond donors (Lipinski definition) is 1. The van der Waals surface area contributed by atoms with Crippen LogP contribution in [0.15, 0.2) is 0 Å². The van der Waals surface area contributed by atoms with Crippen LogP contribution in [0.25, 0.3) is 0 Å². The van der Waals surface area contributed by atoms with Crippen molar-refractivity contribution in [3.05, 3.63) is 0 Å². The molecule has 3 aliphatic rings. The van der Waals surface area contributed by atoms with Crippen molar-refractivity contribution in [2.45, 2.75) is 69.9 Å². The highest BCUT2D eigenvalue weighted by Gasteiger charge is 2.35. The van der Waals surface area contributed by atoms with Crippen molar-refractivity contribution in [3.63, 3.8) is 0 Å². The van der Waals surface area contributed by atoms with Crippen LogP contribution in [0, 0.1) is 11.8 Å². The molecule has 0 radical (unpaired) electrons. The Kier molecular flexibility index (Phi) is 3.72. The second-order valence-electron chi connectivity index (χ2n) is 6.59. The maximum Gasteiger partial charge on any atom is 0.0695 e. The van der Waals surface area contributed by atoms with Gasteiger partial charge in [0, 0.05) is 19.1 Å². The van der Waals surface area contributed by atoms with Gasteiger partial charge in [-0.2, -0.15) is 0 Å². The van der Waals surface area contributed by atoms with E-state index in [1.807, 2.05) is 0 Å². The topological polar surface area (TPSA) is 23.5 Å². The third kappa shape index (κ3) is 3.45. The molecule has 0 aliphatic heterocycles. The number of rotatable bonds is 6. The lowest BCUT2D eigenvalue weighted by Crippen LogP contribution is -2.39. The molecule has 3 rings (SSSR count). The van der Waals surface area contributed by atoms with Crippen LogP contribution < -0.4 is 0 Å².